The van der Waals surface area contributed by atoms with Crippen LogP contribution >= 0.6 is 0 Å². The van der Waals surface area contributed by atoms with Crippen LogP contribution in [0.25, 0.3) is 0 Å². The average Bonchev–Trinajstić information content (AvgIpc) is 2.46. The number of carboxylic acid groups (broad SMARTS) is 1. The number of carbonyl (C=O) groups is 2. The summed E-state index contributed by atoms with van der Waals surface area (Å²) in [5, 5.41) is 11.6. The quantitative estimate of drug-likeness (QED) is 0.760. The van der Waals surface area contributed by atoms with Crippen molar-refractivity contribution in [3.63, 3.8) is 0 Å². The van der Waals surface area contributed by atoms with Crippen molar-refractivity contribution >= 4 is 11.9 Å². The zero-order chi connectivity index (χ0) is 15.0. The van der Waals surface area contributed by atoms with Gasteiger partial charge in [0.25, 0.3) is 0 Å². The summed E-state index contributed by atoms with van der Waals surface area (Å²) >= 11 is 0. The van der Waals surface area contributed by atoms with Crippen molar-refractivity contribution in [1.82, 2.24) is 10.2 Å². The van der Waals surface area contributed by atoms with E-state index in [0.29, 0.717) is 13.0 Å². The van der Waals surface area contributed by atoms with Gasteiger partial charge in [0.15, 0.2) is 0 Å². The van der Waals surface area contributed by atoms with Gasteiger partial charge in [0, 0.05) is 19.5 Å². The fourth-order valence-electron chi connectivity index (χ4n) is 1.85. The Labute approximate surface area is 119 Å². The van der Waals surface area contributed by atoms with E-state index >= 15 is 0 Å². The molecule has 20 heavy (non-hydrogen) atoms. The Balaban J connectivity index is 2.35. The molecule has 0 bridgehead atoms. The number of hydrogen-bond donors (Lipinski definition) is 2. The molecule has 0 aliphatic rings. The number of aromatic carboxylic acids is 1. The Hall–Kier alpha value is -1.88. The SMILES string of the molecule is CCN(CC)CCC(=O)NCc1ccc(C(=O)O)cc1. The lowest BCUT2D eigenvalue weighted by atomic mass is 10.1. The molecule has 0 unspecified atom stereocenters. The number of benzene rings is 1. The fourth-order valence-corrected chi connectivity index (χ4v) is 1.85. The minimum Gasteiger partial charge on any atom is -0.478 e. The minimum atomic E-state index is -0.945. The highest BCUT2D eigenvalue weighted by Crippen LogP contribution is 2.04. The number of nitrogens with zero attached hydrogens (tertiary/aromatic N) is 1. The summed E-state index contributed by atoms with van der Waals surface area (Å²) in [7, 11) is 0. The second kappa shape index (κ2) is 8.32. The molecule has 110 valence electrons. The maximum atomic E-state index is 11.7. The van der Waals surface area contributed by atoms with E-state index in [4.69, 9.17) is 5.11 Å². The van der Waals surface area contributed by atoms with Crippen LogP contribution in [-0.2, 0) is 11.3 Å². The van der Waals surface area contributed by atoms with E-state index in [9.17, 15) is 9.59 Å². The fraction of sp³-hybridized carbons (Fsp3) is 0.467. The zero-order valence-electron chi connectivity index (χ0n) is 12.1. The molecule has 0 saturated carbocycles. The topological polar surface area (TPSA) is 69.6 Å². The van der Waals surface area contributed by atoms with Crippen LogP contribution in [-0.4, -0.2) is 41.5 Å². The Bertz CT molecular complexity index is 439. The Morgan fingerprint density at radius 2 is 1.75 bits per heavy atom. The molecule has 0 radical (unpaired) electrons. The van der Waals surface area contributed by atoms with Gasteiger partial charge in [0.05, 0.1) is 5.56 Å². The van der Waals surface area contributed by atoms with Gasteiger partial charge in [-0.05, 0) is 30.8 Å². The molecule has 0 aliphatic carbocycles. The maximum Gasteiger partial charge on any atom is 0.335 e. The average molecular weight is 278 g/mol. The molecule has 0 aliphatic heterocycles. The van der Waals surface area contributed by atoms with Crippen molar-refractivity contribution in [3.05, 3.63) is 35.4 Å². The molecule has 0 saturated heterocycles. The van der Waals surface area contributed by atoms with Crippen LogP contribution in [0.15, 0.2) is 24.3 Å². The highest BCUT2D eigenvalue weighted by atomic mass is 16.4. The highest BCUT2D eigenvalue weighted by molar-refractivity contribution is 5.87. The van der Waals surface area contributed by atoms with Gasteiger partial charge >= 0.3 is 5.97 Å². The van der Waals surface area contributed by atoms with E-state index in [1.54, 1.807) is 24.3 Å². The maximum absolute atomic E-state index is 11.7. The predicted octanol–water partition coefficient (Wildman–Crippen LogP) is 1.73. The van der Waals surface area contributed by atoms with Crippen molar-refractivity contribution in [2.45, 2.75) is 26.8 Å². The van der Waals surface area contributed by atoms with Crippen LogP contribution in [0.4, 0.5) is 0 Å². The first kappa shape index (κ1) is 16.2. The third kappa shape index (κ3) is 5.40. The number of amides is 1. The summed E-state index contributed by atoms with van der Waals surface area (Å²) < 4.78 is 0. The van der Waals surface area contributed by atoms with Crippen LogP contribution in [0.1, 0.15) is 36.2 Å². The molecule has 1 rings (SSSR count). The third-order valence-corrected chi connectivity index (χ3v) is 3.24. The first-order valence-corrected chi connectivity index (χ1v) is 6.88. The van der Waals surface area contributed by atoms with Crippen LogP contribution in [0, 0.1) is 0 Å². The molecule has 0 aromatic heterocycles. The van der Waals surface area contributed by atoms with Crippen molar-refractivity contribution < 1.29 is 14.7 Å². The summed E-state index contributed by atoms with van der Waals surface area (Å²) in [6, 6.07) is 6.52. The molecular formula is C15H22N2O3. The van der Waals surface area contributed by atoms with Crippen LogP contribution in [0.2, 0.25) is 0 Å². The van der Waals surface area contributed by atoms with Crippen molar-refractivity contribution in [2.75, 3.05) is 19.6 Å². The first-order valence-electron chi connectivity index (χ1n) is 6.88. The smallest absolute Gasteiger partial charge is 0.335 e. The van der Waals surface area contributed by atoms with Crippen LogP contribution in [0.5, 0.6) is 0 Å². The lowest BCUT2D eigenvalue weighted by molar-refractivity contribution is -0.121. The normalized spacial score (nSPS) is 10.6. The Morgan fingerprint density at radius 1 is 1.15 bits per heavy atom. The summed E-state index contributed by atoms with van der Waals surface area (Å²) in [6.07, 6.45) is 0.481. The number of rotatable bonds is 8. The van der Waals surface area contributed by atoms with Gasteiger partial charge in [-0.2, -0.15) is 0 Å². The third-order valence-electron chi connectivity index (χ3n) is 3.24. The van der Waals surface area contributed by atoms with Crippen LogP contribution < -0.4 is 5.32 Å². The van der Waals surface area contributed by atoms with Gasteiger partial charge in [-0.15, -0.1) is 0 Å². The van der Waals surface area contributed by atoms with E-state index in [1.807, 2.05) is 0 Å². The van der Waals surface area contributed by atoms with E-state index < -0.39 is 5.97 Å². The molecular weight excluding hydrogens is 256 g/mol. The number of carbonyl (C=O) groups excluding carboxylic acids is 1. The van der Waals surface area contributed by atoms with E-state index in [-0.39, 0.29) is 11.5 Å². The zero-order valence-corrected chi connectivity index (χ0v) is 12.1. The molecule has 1 aromatic carbocycles. The van der Waals surface area contributed by atoms with Gasteiger partial charge in [-0.1, -0.05) is 26.0 Å². The highest BCUT2D eigenvalue weighted by Gasteiger charge is 2.06. The van der Waals surface area contributed by atoms with Crippen molar-refractivity contribution in [2.24, 2.45) is 0 Å². The first-order chi connectivity index (χ1) is 9.56. The van der Waals surface area contributed by atoms with Gasteiger partial charge in [0.2, 0.25) is 5.91 Å². The number of carboxylic acids is 1. The molecule has 0 fully saturated rings. The number of hydrogen-bond acceptors (Lipinski definition) is 3. The lowest BCUT2D eigenvalue weighted by Gasteiger charge is -2.17. The Morgan fingerprint density at radius 3 is 2.25 bits per heavy atom. The Kier molecular flexibility index (Phi) is 6.73. The van der Waals surface area contributed by atoms with Crippen molar-refractivity contribution in [1.29, 1.82) is 0 Å². The molecule has 1 aromatic rings. The predicted molar refractivity (Wildman–Crippen MR) is 77.7 cm³/mol. The minimum absolute atomic E-state index is 0.0132. The van der Waals surface area contributed by atoms with Gasteiger partial charge in [-0.3, -0.25) is 4.79 Å². The molecule has 5 nitrogen and oxygen atoms in total. The molecule has 1 amide bonds. The molecule has 0 spiro atoms. The van der Waals surface area contributed by atoms with E-state index in [1.165, 1.54) is 0 Å². The molecule has 5 heteroatoms. The summed E-state index contributed by atoms with van der Waals surface area (Å²) in [4.78, 5) is 24.6. The molecule has 2 N–H and O–H groups in total. The number of nitrogens with one attached hydrogen (secondary N) is 1. The standard InChI is InChI=1S/C15H22N2O3/c1-3-17(4-2)10-9-14(18)16-11-12-5-7-13(8-6-12)15(19)20/h5-8H,3-4,9-11H2,1-2H3,(H,16,18)(H,19,20). The van der Waals surface area contributed by atoms with Gasteiger partial charge in [-0.25, -0.2) is 4.79 Å². The van der Waals surface area contributed by atoms with Crippen LogP contribution in [0.3, 0.4) is 0 Å². The lowest BCUT2D eigenvalue weighted by Crippen LogP contribution is -2.30. The summed E-state index contributed by atoms with van der Waals surface area (Å²) in [6.45, 7) is 7.23. The largest absolute Gasteiger partial charge is 0.478 e. The second-order valence-electron chi connectivity index (χ2n) is 4.56. The molecule has 0 atom stereocenters. The van der Waals surface area contributed by atoms with Crippen molar-refractivity contribution in [3.8, 4) is 0 Å². The van der Waals surface area contributed by atoms with E-state index in [0.717, 1.165) is 25.2 Å². The summed E-state index contributed by atoms with van der Waals surface area (Å²) in [5.41, 5.74) is 1.15. The van der Waals surface area contributed by atoms with Gasteiger partial charge in [0.1, 0.15) is 0 Å². The van der Waals surface area contributed by atoms with Gasteiger partial charge < -0.3 is 15.3 Å². The van der Waals surface area contributed by atoms with E-state index in [2.05, 4.69) is 24.1 Å². The summed E-state index contributed by atoms with van der Waals surface area (Å²) in [5.74, 6) is -0.931. The monoisotopic (exact) mass is 278 g/mol. The molecule has 0 heterocycles. The second-order valence-corrected chi connectivity index (χ2v) is 4.56.